The van der Waals surface area contributed by atoms with Crippen LogP contribution in [0.3, 0.4) is 0 Å². The van der Waals surface area contributed by atoms with Crippen molar-refractivity contribution in [2.24, 2.45) is 0 Å². The van der Waals surface area contributed by atoms with Crippen molar-refractivity contribution in [3.05, 3.63) is 102 Å². The van der Waals surface area contributed by atoms with Crippen molar-refractivity contribution in [3.8, 4) is 33.8 Å². The van der Waals surface area contributed by atoms with E-state index in [9.17, 15) is 18.0 Å². The molecule has 0 saturated carbocycles. The number of nitrogens with one attached hydrogen (secondary N) is 3. The maximum absolute atomic E-state index is 14.2. The van der Waals surface area contributed by atoms with Gasteiger partial charge in [0.25, 0.3) is 5.91 Å². The first kappa shape index (κ1) is 27.8. The van der Waals surface area contributed by atoms with Crippen LogP contribution in [0.2, 0.25) is 0 Å². The molecule has 2 fully saturated rings. The highest BCUT2D eigenvalue weighted by molar-refractivity contribution is 6.05. The number of anilines is 1. The number of carbonyl (C=O) groups is 1. The second-order valence-electron chi connectivity index (χ2n) is 10.5. The molecule has 4 aromatic carbocycles. The zero-order valence-electron chi connectivity index (χ0n) is 22.8. The first-order valence-electron chi connectivity index (χ1n) is 14.0. The van der Waals surface area contributed by atoms with Crippen molar-refractivity contribution >= 4 is 11.6 Å². The molecule has 0 spiro atoms. The van der Waals surface area contributed by atoms with Crippen molar-refractivity contribution in [3.63, 3.8) is 0 Å². The summed E-state index contributed by atoms with van der Waals surface area (Å²) in [6.07, 6.45) is 1.63. The van der Waals surface area contributed by atoms with Gasteiger partial charge < -0.3 is 25.4 Å². The maximum atomic E-state index is 14.2. The van der Waals surface area contributed by atoms with Crippen LogP contribution < -0.4 is 25.4 Å². The van der Waals surface area contributed by atoms with E-state index in [-0.39, 0.29) is 18.0 Å². The Balaban J connectivity index is 1.30. The molecule has 0 bridgehead atoms. The molecule has 2 saturated heterocycles. The van der Waals surface area contributed by atoms with E-state index in [0.29, 0.717) is 40.4 Å². The first-order valence-corrected chi connectivity index (χ1v) is 14.0. The Kier molecular flexibility index (Phi) is 8.12. The molecule has 3 N–H and O–H groups in total. The van der Waals surface area contributed by atoms with Crippen molar-refractivity contribution in [2.75, 3.05) is 31.5 Å². The van der Waals surface area contributed by atoms with Gasteiger partial charge in [0.15, 0.2) is 11.6 Å². The Morgan fingerprint density at radius 2 is 1.31 bits per heavy atom. The Labute approximate surface area is 241 Å². The summed E-state index contributed by atoms with van der Waals surface area (Å²) in [6.45, 7) is 3.11. The number of ether oxygens (including phenoxy) is 2. The van der Waals surface area contributed by atoms with E-state index in [0.717, 1.165) is 55.7 Å². The molecule has 2 aliphatic heterocycles. The van der Waals surface area contributed by atoms with E-state index >= 15 is 0 Å². The van der Waals surface area contributed by atoms with Gasteiger partial charge in [-0.2, -0.15) is 0 Å². The average Bonchev–Trinajstić information content (AvgIpc) is 3.71. The van der Waals surface area contributed by atoms with Crippen LogP contribution in [0.4, 0.5) is 18.9 Å². The standard InChI is InChI=1S/C33H30F3N3O3/c34-23-5-1-20(2-6-23)28-17-24(7-10-32(28)42-26-12-14-38-19-26)39-33(40)22-4-9-31(41-25-11-13-37-18-25)27(15-22)21-3-8-29(35)30(36)16-21/h1-10,15-17,25-26,37-38H,11-14,18-19H2,(H,39,40)/t25-,26?/m0/s1. The van der Waals surface area contributed by atoms with Gasteiger partial charge in [-0.25, -0.2) is 13.2 Å². The van der Waals surface area contributed by atoms with Gasteiger partial charge in [-0.3, -0.25) is 4.79 Å². The summed E-state index contributed by atoms with van der Waals surface area (Å²) in [5.41, 5.74) is 3.17. The topological polar surface area (TPSA) is 71.6 Å². The minimum Gasteiger partial charge on any atom is -0.488 e. The quantitative estimate of drug-likeness (QED) is 0.235. The van der Waals surface area contributed by atoms with Crippen LogP contribution in [0.25, 0.3) is 22.3 Å². The monoisotopic (exact) mass is 573 g/mol. The van der Waals surface area contributed by atoms with Gasteiger partial charge in [0.05, 0.1) is 0 Å². The fraction of sp³-hybridized carbons (Fsp3) is 0.242. The number of hydrogen-bond donors (Lipinski definition) is 3. The second kappa shape index (κ2) is 12.3. The lowest BCUT2D eigenvalue weighted by Gasteiger charge is -2.19. The van der Waals surface area contributed by atoms with Crippen LogP contribution in [0, 0.1) is 17.5 Å². The van der Waals surface area contributed by atoms with Crippen LogP contribution in [-0.4, -0.2) is 44.3 Å². The van der Waals surface area contributed by atoms with Crippen molar-refractivity contribution in [1.82, 2.24) is 10.6 Å². The lowest BCUT2D eigenvalue weighted by Crippen LogP contribution is -2.20. The summed E-state index contributed by atoms with van der Waals surface area (Å²) < 4.78 is 53.9. The highest BCUT2D eigenvalue weighted by atomic mass is 19.2. The smallest absolute Gasteiger partial charge is 0.255 e. The van der Waals surface area contributed by atoms with Crippen LogP contribution in [0.5, 0.6) is 11.5 Å². The Morgan fingerprint density at radius 3 is 1.93 bits per heavy atom. The molecule has 9 heteroatoms. The number of hydrogen-bond acceptors (Lipinski definition) is 5. The van der Waals surface area contributed by atoms with E-state index in [1.165, 1.54) is 18.2 Å². The molecule has 6 rings (SSSR count). The predicted octanol–water partition coefficient (Wildman–Crippen LogP) is 6.17. The maximum Gasteiger partial charge on any atom is 0.255 e. The molecule has 42 heavy (non-hydrogen) atoms. The van der Waals surface area contributed by atoms with Gasteiger partial charge in [-0.1, -0.05) is 18.2 Å². The predicted molar refractivity (Wildman–Crippen MR) is 155 cm³/mol. The second-order valence-corrected chi connectivity index (χ2v) is 10.5. The molecular formula is C33H30F3N3O3. The number of rotatable bonds is 8. The molecule has 1 unspecified atom stereocenters. The molecule has 0 aromatic heterocycles. The molecule has 6 nitrogen and oxygen atoms in total. The molecule has 0 aliphatic carbocycles. The summed E-state index contributed by atoms with van der Waals surface area (Å²) in [5, 5.41) is 9.44. The van der Waals surface area contributed by atoms with Gasteiger partial charge in [0.1, 0.15) is 29.5 Å². The summed E-state index contributed by atoms with van der Waals surface area (Å²) in [7, 11) is 0. The molecule has 2 aliphatic rings. The zero-order chi connectivity index (χ0) is 29.1. The van der Waals surface area contributed by atoms with Gasteiger partial charge in [-0.05, 0) is 97.7 Å². The summed E-state index contributed by atoms with van der Waals surface area (Å²) in [5.74, 6) is -1.57. The van der Waals surface area contributed by atoms with E-state index in [1.54, 1.807) is 48.5 Å². The van der Waals surface area contributed by atoms with Gasteiger partial charge in [0, 0.05) is 35.5 Å². The Hall–Kier alpha value is -4.34. The number of halogens is 3. The largest absolute Gasteiger partial charge is 0.488 e. The molecule has 4 aromatic rings. The highest BCUT2D eigenvalue weighted by Crippen LogP contribution is 2.36. The lowest BCUT2D eigenvalue weighted by atomic mass is 10.0. The highest BCUT2D eigenvalue weighted by Gasteiger charge is 2.21. The van der Waals surface area contributed by atoms with E-state index in [4.69, 9.17) is 9.47 Å². The Bertz CT molecular complexity index is 1580. The lowest BCUT2D eigenvalue weighted by molar-refractivity contribution is 0.102. The van der Waals surface area contributed by atoms with Crippen LogP contribution in [0.1, 0.15) is 23.2 Å². The van der Waals surface area contributed by atoms with Gasteiger partial charge >= 0.3 is 0 Å². The Morgan fingerprint density at radius 1 is 0.690 bits per heavy atom. The molecule has 1 amide bonds. The summed E-state index contributed by atoms with van der Waals surface area (Å²) in [4.78, 5) is 13.4. The SMILES string of the molecule is O=C(Nc1ccc(OC2CCNC2)c(-c2ccc(F)cc2)c1)c1ccc(O[C@H]2CCNC2)c(-c2ccc(F)c(F)c2)c1. The zero-order valence-corrected chi connectivity index (χ0v) is 22.8. The van der Waals surface area contributed by atoms with Crippen molar-refractivity contribution in [1.29, 1.82) is 0 Å². The third-order valence-electron chi connectivity index (χ3n) is 7.48. The van der Waals surface area contributed by atoms with E-state index in [2.05, 4.69) is 16.0 Å². The molecule has 216 valence electrons. The first-order chi connectivity index (χ1) is 20.4. The van der Waals surface area contributed by atoms with E-state index < -0.39 is 17.5 Å². The van der Waals surface area contributed by atoms with Crippen molar-refractivity contribution in [2.45, 2.75) is 25.0 Å². The third-order valence-corrected chi connectivity index (χ3v) is 7.48. The van der Waals surface area contributed by atoms with Crippen molar-refractivity contribution < 1.29 is 27.4 Å². The van der Waals surface area contributed by atoms with Crippen LogP contribution in [-0.2, 0) is 0 Å². The number of benzene rings is 4. The van der Waals surface area contributed by atoms with Gasteiger partial charge in [-0.15, -0.1) is 0 Å². The average molecular weight is 574 g/mol. The van der Waals surface area contributed by atoms with E-state index in [1.807, 2.05) is 0 Å². The summed E-state index contributed by atoms with van der Waals surface area (Å²) in [6, 6.07) is 20.0. The summed E-state index contributed by atoms with van der Waals surface area (Å²) >= 11 is 0. The molecule has 2 atom stereocenters. The van der Waals surface area contributed by atoms with Crippen LogP contribution in [0.15, 0.2) is 78.9 Å². The number of carbonyl (C=O) groups excluding carboxylic acids is 1. The minimum atomic E-state index is -0.986. The molecule has 2 heterocycles. The normalized spacial score (nSPS) is 18.2. The van der Waals surface area contributed by atoms with Gasteiger partial charge in [0.2, 0.25) is 0 Å². The minimum absolute atomic E-state index is 0.0140. The number of amides is 1. The van der Waals surface area contributed by atoms with Crippen LogP contribution >= 0.6 is 0 Å². The fourth-order valence-corrected chi connectivity index (χ4v) is 5.25. The fourth-order valence-electron chi connectivity index (χ4n) is 5.25. The molecular weight excluding hydrogens is 543 g/mol. The third kappa shape index (κ3) is 6.27. The molecule has 0 radical (unpaired) electrons.